The largest absolute Gasteiger partial charge is 0.451 e. The predicted octanol–water partition coefficient (Wildman–Crippen LogP) is 5.05. The van der Waals surface area contributed by atoms with Crippen molar-refractivity contribution in [2.75, 3.05) is 0 Å². The van der Waals surface area contributed by atoms with E-state index in [1.54, 1.807) is 19.1 Å². The molecule has 0 saturated carbocycles. The van der Waals surface area contributed by atoms with Crippen LogP contribution in [-0.2, 0) is 0 Å². The van der Waals surface area contributed by atoms with Crippen LogP contribution in [0.15, 0.2) is 59.3 Å². The molecule has 0 aliphatic rings. The summed E-state index contributed by atoms with van der Waals surface area (Å²) in [5.74, 6) is -1.21. The highest BCUT2D eigenvalue weighted by molar-refractivity contribution is 5.61. The minimum Gasteiger partial charge on any atom is -0.451 e. The number of aromatic nitrogens is 3. The molecule has 0 aliphatic heterocycles. The van der Waals surface area contributed by atoms with E-state index in [2.05, 4.69) is 15.1 Å². The fraction of sp³-hybridized carbons (Fsp3) is 0.0476. The molecule has 142 valence electrons. The third kappa shape index (κ3) is 3.66. The van der Waals surface area contributed by atoms with Crippen molar-refractivity contribution in [2.45, 2.75) is 6.92 Å². The summed E-state index contributed by atoms with van der Waals surface area (Å²) in [5, 5.41) is 12.8. The van der Waals surface area contributed by atoms with E-state index >= 15 is 0 Å². The molecule has 4 rings (SSSR count). The van der Waals surface area contributed by atoms with Crippen LogP contribution in [0.5, 0.6) is 11.5 Å². The first-order valence-corrected chi connectivity index (χ1v) is 8.48. The molecule has 0 spiro atoms. The molecule has 2 heterocycles. The normalized spacial score (nSPS) is 10.6. The van der Waals surface area contributed by atoms with Gasteiger partial charge >= 0.3 is 0 Å². The fourth-order valence-corrected chi connectivity index (χ4v) is 2.67. The molecular formula is C21H12F2N4O2. The Morgan fingerprint density at radius 2 is 1.83 bits per heavy atom. The van der Waals surface area contributed by atoms with Crippen LogP contribution >= 0.6 is 0 Å². The van der Waals surface area contributed by atoms with Crippen molar-refractivity contribution >= 4 is 0 Å². The minimum absolute atomic E-state index is 0.0802. The van der Waals surface area contributed by atoms with Gasteiger partial charge in [-0.2, -0.15) is 10.2 Å². The van der Waals surface area contributed by atoms with Gasteiger partial charge in [-0.3, -0.25) is 0 Å². The van der Waals surface area contributed by atoms with Crippen molar-refractivity contribution in [2.24, 2.45) is 0 Å². The summed E-state index contributed by atoms with van der Waals surface area (Å²) in [4.78, 5) is 8.41. The monoisotopic (exact) mass is 390 g/mol. The molecule has 2 aromatic heterocycles. The Labute approximate surface area is 164 Å². The molecule has 0 fully saturated rings. The van der Waals surface area contributed by atoms with Gasteiger partial charge in [0.15, 0.2) is 23.1 Å². The Kier molecular flexibility index (Phi) is 4.71. The summed E-state index contributed by atoms with van der Waals surface area (Å²) in [6.45, 7) is 1.77. The Hall–Kier alpha value is -4.12. The first kappa shape index (κ1) is 18.3. The van der Waals surface area contributed by atoms with Gasteiger partial charge in [0.2, 0.25) is 5.82 Å². The number of hydrogen-bond donors (Lipinski definition) is 0. The van der Waals surface area contributed by atoms with Crippen LogP contribution in [0, 0.1) is 29.9 Å². The number of para-hydroxylation sites is 1. The number of rotatable bonds is 4. The summed E-state index contributed by atoms with van der Waals surface area (Å²) >= 11 is 0. The van der Waals surface area contributed by atoms with Gasteiger partial charge in [-0.15, -0.1) is 0 Å². The molecule has 0 atom stereocenters. The number of ether oxygens (including phenoxy) is 1. The zero-order chi connectivity index (χ0) is 20.4. The average molecular weight is 390 g/mol. The Bertz CT molecular complexity index is 1250. The molecule has 4 aromatic rings. The van der Waals surface area contributed by atoms with Crippen molar-refractivity contribution < 1.29 is 18.0 Å². The smallest absolute Gasteiger partial charge is 0.277 e. The second kappa shape index (κ2) is 7.48. The topological polar surface area (TPSA) is 84.8 Å². The van der Waals surface area contributed by atoms with Gasteiger partial charge < -0.3 is 9.26 Å². The SMILES string of the molecule is Cc1cc(C#N)cnc1-c1nc(-c2ccc(Oc3ccccc3F)c(F)c2)no1. The second-order valence-electron chi connectivity index (χ2n) is 6.10. The fourth-order valence-electron chi connectivity index (χ4n) is 2.67. The highest BCUT2D eigenvalue weighted by Gasteiger charge is 2.16. The minimum atomic E-state index is -0.704. The van der Waals surface area contributed by atoms with Crippen LogP contribution in [0.1, 0.15) is 11.1 Å². The van der Waals surface area contributed by atoms with Crippen LogP contribution in [-0.4, -0.2) is 15.1 Å². The summed E-state index contributed by atoms with van der Waals surface area (Å²) in [6.07, 6.45) is 1.40. The average Bonchev–Trinajstić information content (AvgIpc) is 3.21. The molecule has 6 nitrogen and oxygen atoms in total. The zero-order valence-electron chi connectivity index (χ0n) is 15.1. The summed E-state index contributed by atoms with van der Waals surface area (Å²) < 4.78 is 38.7. The molecule has 0 amide bonds. The Morgan fingerprint density at radius 1 is 1.03 bits per heavy atom. The summed E-state index contributed by atoms with van der Waals surface area (Å²) in [5.41, 5.74) is 1.89. The third-order valence-electron chi connectivity index (χ3n) is 4.08. The van der Waals surface area contributed by atoms with E-state index in [0.717, 1.165) is 0 Å². The summed E-state index contributed by atoms with van der Waals surface area (Å²) in [7, 11) is 0. The van der Waals surface area contributed by atoms with Crippen molar-refractivity contribution in [3.8, 4) is 40.5 Å². The van der Waals surface area contributed by atoms with Crippen molar-refractivity contribution in [1.82, 2.24) is 15.1 Å². The maximum atomic E-state index is 14.5. The first-order valence-electron chi connectivity index (χ1n) is 8.48. The van der Waals surface area contributed by atoms with E-state index in [1.807, 2.05) is 6.07 Å². The Morgan fingerprint density at radius 3 is 2.55 bits per heavy atom. The maximum absolute atomic E-state index is 14.5. The molecule has 2 aromatic carbocycles. The first-order chi connectivity index (χ1) is 14.0. The second-order valence-corrected chi connectivity index (χ2v) is 6.10. The van der Waals surface area contributed by atoms with Gasteiger partial charge in [0.25, 0.3) is 5.89 Å². The lowest BCUT2D eigenvalue weighted by Gasteiger charge is -2.08. The molecule has 0 unspecified atom stereocenters. The van der Waals surface area contributed by atoms with E-state index in [9.17, 15) is 8.78 Å². The Balaban J connectivity index is 1.61. The van der Waals surface area contributed by atoms with E-state index in [-0.39, 0.29) is 23.2 Å². The standard InChI is InChI=1S/C21H12F2N4O2/c1-12-8-13(10-24)11-25-19(12)21-26-20(27-29-21)14-6-7-18(16(23)9-14)28-17-5-3-2-4-15(17)22/h2-9,11H,1H3. The molecule has 0 bridgehead atoms. The number of aryl methyl sites for hydroxylation is 1. The van der Waals surface area contributed by atoms with Gasteiger partial charge in [0.05, 0.1) is 5.56 Å². The van der Waals surface area contributed by atoms with E-state index in [0.29, 0.717) is 22.4 Å². The number of halogens is 2. The number of hydrogen-bond acceptors (Lipinski definition) is 6. The lowest BCUT2D eigenvalue weighted by Crippen LogP contribution is -1.92. The van der Waals surface area contributed by atoms with Crippen LogP contribution in [0.4, 0.5) is 8.78 Å². The summed E-state index contributed by atoms with van der Waals surface area (Å²) in [6, 6.07) is 13.5. The van der Waals surface area contributed by atoms with E-state index in [1.165, 1.54) is 42.6 Å². The maximum Gasteiger partial charge on any atom is 0.277 e. The highest BCUT2D eigenvalue weighted by Crippen LogP contribution is 2.30. The quantitative estimate of drug-likeness (QED) is 0.485. The number of benzene rings is 2. The number of nitriles is 1. The van der Waals surface area contributed by atoms with Gasteiger partial charge in [-0.05, 0) is 48.9 Å². The van der Waals surface area contributed by atoms with Gasteiger partial charge in [0.1, 0.15) is 11.8 Å². The van der Waals surface area contributed by atoms with Crippen molar-refractivity contribution in [3.05, 3.63) is 77.5 Å². The molecular weight excluding hydrogens is 378 g/mol. The van der Waals surface area contributed by atoms with Crippen molar-refractivity contribution in [3.63, 3.8) is 0 Å². The molecule has 0 radical (unpaired) electrons. The van der Waals surface area contributed by atoms with Crippen molar-refractivity contribution in [1.29, 1.82) is 5.26 Å². The third-order valence-corrected chi connectivity index (χ3v) is 4.08. The number of pyridine rings is 1. The van der Waals surface area contributed by atoms with E-state index in [4.69, 9.17) is 14.5 Å². The van der Waals surface area contributed by atoms with Gasteiger partial charge in [-0.1, -0.05) is 17.3 Å². The number of nitrogens with zero attached hydrogens (tertiary/aromatic N) is 4. The molecule has 29 heavy (non-hydrogen) atoms. The van der Waals surface area contributed by atoms with Crippen LogP contribution in [0.2, 0.25) is 0 Å². The lowest BCUT2D eigenvalue weighted by molar-refractivity contribution is 0.414. The lowest BCUT2D eigenvalue weighted by atomic mass is 10.1. The predicted molar refractivity (Wildman–Crippen MR) is 98.8 cm³/mol. The van der Waals surface area contributed by atoms with E-state index < -0.39 is 11.6 Å². The van der Waals surface area contributed by atoms with Crippen LogP contribution in [0.25, 0.3) is 23.0 Å². The molecule has 0 aliphatic carbocycles. The zero-order valence-corrected chi connectivity index (χ0v) is 15.1. The molecule has 8 heteroatoms. The molecule has 0 N–H and O–H groups in total. The van der Waals surface area contributed by atoms with Crippen LogP contribution in [0.3, 0.4) is 0 Å². The molecule has 0 saturated heterocycles. The van der Waals surface area contributed by atoms with Crippen LogP contribution < -0.4 is 4.74 Å². The van der Waals surface area contributed by atoms with Gasteiger partial charge in [0, 0.05) is 11.8 Å². The van der Waals surface area contributed by atoms with Gasteiger partial charge in [-0.25, -0.2) is 13.8 Å². The highest BCUT2D eigenvalue weighted by atomic mass is 19.1.